The lowest BCUT2D eigenvalue weighted by Gasteiger charge is -2.24. The lowest BCUT2D eigenvalue weighted by molar-refractivity contribution is 0.121. The third kappa shape index (κ3) is 7.25. The summed E-state index contributed by atoms with van der Waals surface area (Å²) in [4.78, 5) is 0. The van der Waals surface area contributed by atoms with Crippen molar-refractivity contribution in [1.82, 2.24) is 0 Å². The maximum atomic E-state index is 9.21. The van der Waals surface area contributed by atoms with E-state index in [2.05, 4.69) is 6.92 Å². The van der Waals surface area contributed by atoms with Crippen LogP contribution in [0.3, 0.4) is 0 Å². The van der Waals surface area contributed by atoms with Crippen LogP contribution in [0.15, 0.2) is 24.3 Å². The zero-order valence-electron chi connectivity index (χ0n) is 13.8. The van der Waals surface area contributed by atoms with Gasteiger partial charge in [0, 0.05) is 0 Å². The first-order chi connectivity index (χ1) is 10.6. The Balaban J connectivity index is 2.27. The number of nitrogens with two attached hydrogens (primary N) is 1. The minimum atomic E-state index is -0.957. The van der Waals surface area contributed by atoms with E-state index in [4.69, 9.17) is 10.5 Å². The van der Waals surface area contributed by atoms with Gasteiger partial charge in [0.15, 0.2) is 0 Å². The van der Waals surface area contributed by atoms with Gasteiger partial charge in [-0.2, -0.15) is 0 Å². The topological polar surface area (TPSA) is 75.7 Å². The molecule has 0 saturated carbocycles. The van der Waals surface area contributed by atoms with Crippen molar-refractivity contribution in [2.45, 2.75) is 57.4 Å². The van der Waals surface area contributed by atoms with E-state index in [1.54, 1.807) is 0 Å². The molecule has 0 aliphatic carbocycles. The van der Waals surface area contributed by atoms with Gasteiger partial charge in [0.05, 0.1) is 25.4 Å². The monoisotopic (exact) mass is 309 g/mol. The van der Waals surface area contributed by atoms with Crippen molar-refractivity contribution in [3.63, 3.8) is 0 Å². The molecule has 1 aromatic rings. The van der Waals surface area contributed by atoms with Gasteiger partial charge in [-0.1, -0.05) is 51.2 Å². The summed E-state index contributed by atoms with van der Waals surface area (Å²) in [5, 5.41) is 18.4. The lowest BCUT2D eigenvalue weighted by atomic mass is 9.93. The van der Waals surface area contributed by atoms with Gasteiger partial charge in [0.1, 0.15) is 5.75 Å². The molecule has 4 N–H and O–H groups in total. The highest BCUT2D eigenvalue weighted by molar-refractivity contribution is 5.28. The molecule has 1 aromatic carbocycles. The fraction of sp³-hybridized carbons (Fsp3) is 0.667. The summed E-state index contributed by atoms with van der Waals surface area (Å²) in [5.41, 5.74) is 5.91. The molecule has 0 aromatic heterocycles. The molecule has 0 spiro atoms. The highest BCUT2D eigenvalue weighted by Crippen LogP contribution is 2.16. The fourth-order valence-corrected chi connectivity index (χ4v) is 2.34. The van der Waals surface area contributed by atoms with Crippen molar-refractivity contribution in [2.75, 3.05) is 19.8 Å². The molecule has 0 aliphatic rings. The van der Waals surface area contributed by atoms with Gasteiger partial charge in [0.25, 0.3) is 0 Å². The summed E-state index contributed by atoms with van der Waals surface area (Å²) in [6.45, 7) is 2.50. The van der Waals surface area contributed by atoms with E-state index in [1.165, 1.54) is 32.1 Å². The molecule has 0 bridgehead atoms. The first-order valence-corrected chi connectivity index (χ1v) is 8.36. The number of unbranched alkanes of at least 4 members (excludes halogenated alkanes) is 5. The van der Waals surface area contributed by atoms with E-state index < -0.39 is 5.54 Å². The maximum absolute atomic E-state index is 9.21. The summed E-state index contributed by atoms with van der Waals surface area (Å²) in [5.74, 6) is 0.855. The van der Waals surface area contributed by atoms with Gasteiger partial charge >= 0.3 is 0 Å². The zero-order chi connectivity index (χ0) is 16.3. The van der Waals surface area contributed by atoms with Crippen LogP contribution in [0, 0.1) is 0 Å². The Kier molecular flexibility index (Phi) is 9.13. The predicted octanol–water partition coefficient (Wildman–Crippen LogP) is 2.65. The Morgan fingerprint density at radius 3 is 2.14 bits per heavy atom. The van der Waals surface area contributed by atoms with Crippen LogP contribution >= 0.6 is 0 Å². The van der Waals surface area contributed by atoms with Crippen molar-refractivity contribution < 1.29 is 14.9 Å². The van der Waals surface area contributed by atoms with Crippen molar-refractivity contribution in [2.24, 2.45) is 5.73 Å². The molecule has 126 valence electrons. The molecular formula is C18H31NO3. The highest BCUT2D eigenvalue weighted by Gasteiger charge is 2.23. The molecule has 0 aliphatic heterocycles. The van der Waals surface area contributed by atoms with Gasteiger partial charge in [-0.05, 0) is 30.5 Å². The zero-order valence-corrected chi connectivity index (χ0v) is 13.8. The molecule has 0 heterocycles. The fourth-order valence-electron chi connectivity index (χ4n) is 2.34. The molecule has 4 heteroatoms. The average Bonchev–Trinajstić information content (AvgIpc) is 2.55. The van der Waals surface area contributed by atoms with Crippen LogP contribution < -0.4 is 10.5 Å². The van der Waals surface area contributed by atoms with Crippen LogP contribution in [0.1, 0.15) is 51.0 Å². The van der Waals surface area contributed by atoms with Crippen molar-refractivity contribution >= 4 is 0 Å². The summed E-state index contributed by atoms with van der Waals surface area (Å²) >= 11 is 0. The Hall–Kier alpha value is -1.10. The van der Waals surface area contributed by atoms with Crippen LogP contribution in [0.4, 0.5) is 0 Å². The summed E-state index contributed by atoms with van der Waals surface area (Å²) in [7, 11) is 0. The van der Waals surface area contributed by atoms with Crippen molar-refractivity contribution in [3.8, 4) is 5.75 Å². The second-order valence-electron chi connectivity index (χ2n) is 6.12. The SMILES string of the molecule is CCCCCCCCOc1ccc(CC(N)(CO)CO)cc1. The van der Waals surface area contributed by atoms with Crippen LogP contribution in [-0.2, 0) is 6.42 Å². The Labute approximate surface area is 134 Å². The molecule has 22 heavy (non-hydrogen) atoms. The average molecular weight is 309 g/mol. The van der Waals surface area contributed by atoms with Crippen LogP contribution in [-0.4, -0.2) is 35.6 Å². The minimum absolute atomic E-state index is 0.236. The van der Waals surface area contributed by atoms with Crippen LogP contribution in [0.5, 0.6) is 5.75 Å². The Morgan fingerprint density at radius 1 is 0.955 bits per heavy atom. The standard InChI is InChI=1S/C18H31NO3/c1-2-3-4-5-6-7-12-22-17-10-8-16(9-11-17)13-18(19,14-20)15-21/h8-11,20-21H,2-7,12-15,19H2,1H3. The number of aliphatic hydroxyl groups excluding tert-OH is 2. The minimum Gasteiger partial charge on any atom is -0.494 e. The van der Waals surface area contributed by atoms with E-state index in [1.807, 2.05) is 24.3 Å². The Bertz CT molecular complexity index is 388. The summed E-state index contributed by atoms with van der Waals surface area (Å²) < 4.78 is 5.72. The molecule has 0 atom stereocenters. The van der Waals surface area contributed by atoms with Crippen LogP contribution in [0.2, 0.25) is 0 Å². The van der Waals surface area contributed by atoms with Gasteiger partial charge in [-0.3, -0.25) is 0 Å². The number of hydrogen-bond acceptors (Lipinski definition) is 4. The second-order valence-corrected chi connectivity index (χ2v) is 6.12. The lowest BCUT2D eigenvalue weighted by Crippen LogP contribution is -2.49. The largest absolute Gasteiger partial charge is 0.494 e. The molecule has 4 nitrogen and oxygen atoms in total. The molecule has 0 radical (unpaired) electrons. The van der Waals surface area contributed by atoms with Crippen molar-refractivity contribution in [3.05, 3.63) is 29.8 Å². The van der Waals surface area contributed by atoms with E-state index in [0.29, 0.717) is 6.42 Å². The number of benzene rings is 1. The molecule has 0 fully saturated rings. The molecular weight excluding hydrogens is 278 g/mol. The molecule has 0 amide bonds. The van der Waals surface area contributed by atoms with E-state index >= 15 is 0 Å². The molecule has 0 unspecified atom stereocenters. The predicted molar refractivity (Wildman–Crippen MR) is 90.1 cm³/mol. The first kappa shape index (κ1) is 18.9. The van der Waals surface area contributed by atoms with Crippen molar-refractivity contribution in [1.29, 1.82) is 0 Å². The van der Waals surface area contributed by atoms with E-state index in [0.717, 1.165) is 24.3 Å². The van der Waals surface area contributed by atoms with Gasteiger partial charge in [-0.15, -0.1) is 0 Å². The summed E-state index contributed by atoms with van der Waals surface area (Å²) in [6, 6.07) is 7.70. The number of ether oxygens (including phenoxy) is 1. The number of rotatable bonds is 12. The first-order valence-electron chi connectivity index (χ1n) is 8.36. The summed E-state index contributed by atoms with van der Waals surface area (Å²) in [6.07, 6.45) is 7.97. The smallest absolute Gasteiger partial charge is 0.119 e. The van der Waals surface area contributed by atoms with Gasteiger partial charge in [-0.25, -0.2) is 0 Å². The maximum Gasteiger partial charge on any atom is 0.119 e. The third-order valence-electron chi connectivity index (χ3n) is 3.88. The molecule has 0 saturated heterocycles. The number of aliphatic hydroxyl groups is 2. The third-order valence-corrected chi connectivity index (χ3v) is 3.88. The van der Waals surface area contributed by atoms with Gasteiger partial charge < -0.3 is 20.7 Å². The normalized spacial score (nSPS) is 11.6. The quantitative estimate of drug-likeness (QED) is 0.519. The molecule has 1 rings (SSSR count). The van der Waals surface area contributed by atoms with Gasteiger partial charge in [0.2, 0.25) is 0 Å². The van der Waals surface area contributed by atoms with E-state index in [9.17, 15) is 10.2 Å². The van der Waals surface area contributed by atoms with Crippen LogP contribution in [0.25, 0.3) is 0 Å². The van der Waals surface area contributed by atoms with E-state index in [-0.39, 0.29) is 13.2 Å². The second kappa shape index (κ2) is 10.6. The number of hydrogen-bond donors (Lipinski definition) is 3. The highest BCUT2D eigenvalue weighted by atomic mass is 16.5. The Morgan fingerprint density at radius 2 is 1.55 bits per heavy atom.